The van der Waals surface area contributed by atoms with Gasteiger partial charge in [0.05, 0.1) is 10.9 Å². The van der Waals surface area contributed by atoms with Gasteiger partial charge in [0, 0.05) is 37.4 Å². The van der Waals surface area contributed by atoms with Crippen LogP contribution in [0.1, 0.15) is 29.3 Å². The zero-order valence-corrected chi connectivity index (χ0v) is 14.0. The highest BCUT2D eigenvalue weighted by atomic mass is 19.1. The lowest BCUT2D eigenvalue weighted by Crippen LogP contribution is -2.29. The van der Waals surface area contributed by atoms with E-state index in [0.717, 1.165) is 6.20 Å². The molecule has 1 aromatic heterocycles. The molecule has 1 aliphatic rings. The number of rotatable bonds is 3. The molecule has 1 aliphatic heterocycles. The molecule has 0 amide bonds. The first-order valence-electron chi connectivity index (χ1n) is 8.06. The molecule has 2 heterocycles. The van der Waals surface area contributed by atoms with Gasteiger partial charge >= 0.3 is 5.97 Å². The van der Waals surface area contributed by atoms with Crippen LogP contribution in [0.15, 0.2) is 11.0 Å². The molecule has 0 spiro atoms. The standard InChI is InChI=1S/C17H19F2N3O3/c1-3-21-7-10(17(24)25)16(23)11-8(2)12(18)15(13(19)14(11)21)22-5-4-9(20)6-22/h7,9H,3-6,20H2,1-2H3,(H,24,25). The molecule has 1 aromatic carbocycles. The number of halogens is 2. The van der Waals surface area contributed by atoms with Crippen LogP contribution in [0.5, 0.6) is 0 Å². The van der Waals surface area contributed by atoms with Crippen LogP contribution in [0.3, 0.4) is 0 Å². The molecule has 3 rings (SSSR count). The van der Waals surface area contributed by atoms with E-state index in [4.69, 9.17) is 5.73 Å². The van der Waals surface area contributed by atoms with Crippen LogP contribution in [-0.4, -0.2) is 34.8 Å². The Morgan fingerprint density at radius 3 is 2.60 bits per heavy atom. The predicted molar refractivity (Wildman–Crippen MR) is 90.3 cm³/mol. The molecule has 1 saturated heterocycles. The lowest BCUT2D eigenvalue weighted by molar-refractivity contribution is 0.0695. The van der Waals surface area contributed by atoms with Crippen molar-refractivity contribution in [3.63, 3.8) is 0 Å². The van der Waals surface area contributed by atoms with Gasteiger partial charge in [-0.15, -0.1) is 0 Å². The highest BCUT2D eigenvalue weighted by molar-refractivity contribution is 5.95. The maximum atomic E-state index is 15.2. The van der Waals surface area contributed by atoms with Crippen LogP contribution in [-0.2, 0) is 6.54 Å². The largest absolute Gasteiger partial charge is 0.477 e. The van der Waals surface area contributed by atoms with Crippen molar-refractivity contribution in [2.24, 2.45) is 5.73 Å². The summed E-state index contributed by atoms with van der Waals surface area (Å²) in [5.41, 5.74) is 4.11. The van der Waals surface area contributed by atoms with Crippen molar-refractivity contribution in [1.29, 1.82) is 0 Å². The molecule has 0 aliphatic carbocycles. The quantitative estimate of drug-likeness (QED) is 0.881. The van der Waals surface area contributed by atoms with E-state index in [1.807, 2.05) is 0 Å². The zero-order chi connectivity index (χ0) is 18.5. The molecular formula is C17H19F2N3O3. The average molecular weight is 351 g/mol. The lowest BCUT2D eigenvalue weighted by atomic mass is 10.0. The number of hydrogen-bond donors (Lipinski definition) is 2. The maximum Gasteiger partial charge on any atom is 0.341 e. The molecular weight excluding hydrogens is 332 g/mol. The van der Waals surface area contributed by atoms with Crippen molar-refractivity contribution in [3.8, 4) is 0 Å². The molecule has 2 aromatic rings. The Kier molecular flexibility index (Phi) is 4.24. The molecule has 25 heavy (non-hydrogen) atoms. The van der Waals surface area contributed by atoms with Gasteiger partial charge in [0.1, 0.15) is 11.3 Å². The van der Waals surface area contributed by atoms with Crippen molar-refractivity contribution >= 4 is 22.6 Å². The minimum absolute atomic E-state index is 0.0535. The van der Waals surface area contributed by atoms with Gasteiger partial charge in [-0.05, 0) is 20.3 Å². The second-order valence-corrected chi connectivity index (χ2v) is 6.28. The van der Waals surface area contributed by atoms with Gasteiger partial charge in [-0.3, -0.25) is 4.79 Å². The summed E-state index contributed by atoms with van der Waals surface area (Å²) >= 11 is 0. The summed E-state index contributed by atoms with van der Waals surface area (Å²) in [6, 6.07) is -0.169. The number of aromatic nitrogens is 1. The van der Waals surface area contributed by atoms with Crippen LogP contribution in [0.4, 0.5) is 14.5 Å². The fourth-order valence-corrected chi connectivity index (χ4v) is 3.41. The molecule has 3 N–H and O–H groups in total. The summed E-state index contributed by atoms with van der Waals surface area (Å²) in [4.78, 5) is 25.3. The van der Waals surface area contributed by atoms with Gasteiger partial charge < -0.3 is 20.3 Å². The molecule has 0 saturated carbocycles. The SMILES string of the molecule is CCn1cc(C(=O)O)c(=O)c2c(C)c(F)c(N3CCC(N)C3)c(F)c21. The number of carbonyl (C=O) groups is 1. The summed E-state index contributed by atoms with van der Waals surface area (Å²) in [6.07, 6.45) is 1.72. The van der Waals surface area contributed by atoms with E-state index in [0.29, 0.717) is 19.5 Å². The van der Waals surface area contributed by atoms with E-state index in [-0.39, 0.29) is 34.7 Å². The van der Waals surface area contributed by atoms with Gasteiger partial charge in [-0.25, -0.2) is 13.6 Å². The highest BCUT2D eigenvalue weighted by Crippen LogP contribution is 2.34. The second kappa shape index (κ2) is 6.11. The first-order valence-corrected chi connectivity index (χ1v) is 8.06. The number of carboxylic acids is 1. The van der Waals surface area contributed by atoms with E-state index in [1.54, 1.807) is 6.92 Å². The number of nitrogens with zero attached hydrogens (tertiary/aromatic N) is 2. The Morgan fingerprint density at radius 1 is 1.40 bits per heavy atom. The minimum atomic E-state index is -1.43. The van der Waals surface area contributed by atoms with Crippen molar-refractivity contribution < 1.29 is 18.7 Å². The summed E-state index contributed by atoms with van der Waals surface area (Å²) in [5.74, 6) is -3.13. The Bertz CT molecular complexity index is 939. The van der Waals surface area contributed by atoms with Crippen molar-refractivity contribution in [2.45, 2.75) is 32.9 Å². The van der Waals surface area contributed by atoms with Crippen LogP contribution < -0.4 is 16.1 Å². The van der Waals surface area contributed by atoms with E-state index >= 15 is 4.39 Å². The summed E-state index contributed by atoms with van der Waals surface area (Å²) in [6.45, 7) is 4.03. The number of pyridine rings is 1. The second-order valence-electron chi connectivity index (χ2n) is 6.28. The van der Waals surface area contributed by atoms with Gasteiger partial charge in [0.15, 0.2) is 11.6 Å². The van der Waals surface area contributed by atoms with E-state index < -0.39 is 28.6 Å². The van der Waals surface area contributed by atoms with E-state index in [9.17, 15) is 19.1 Å². The third kappa shape index (κ3) is 2.57. The number of benzene rings is 1. The molecule has 1 unspecified atom stereocenters. The summed E-state index contributed by atoms with van der Waals surface area (Å²) in [5, 5.41) is 8.98. The van der Waals surface area contributed by atoms with Gasteiger partial charge in [-0.2, -0.15) is 0 Å². The third-order valence-corrected chi connectivity index (χ3v) is 4.72. The number of aromatic carboxylic acids is 1. The van der Waals surface area contributed by atoms with E-state index in [2.05, 4.69) is 0 Å². The fourth-order valence-electron chi connectivity index (χ4n) is 3.41. The van der Waals surface area contributed by atoms with Gasteiger partial charge in [-0.1, -0.05) is 0 Å². The van der Waals surface area contributed by atoms with Crippen LogP contribution in [0.2, 0.25) is 0 Å². The van der Waals surface area contributed by atoms with Crippen LogP contribution in [0, 0.1) is 18.6 Å². The Balaban J connectivity index is 2.43. The van der Waals surface area contributed by atoms with E-state index in [1.165, 1.54) is 16.4 Å². The number of nitrogens with two attached hydrogens (primary N) is 1. The molecule has 6 nitrogen and oxygen atoms in total. The van der Waals surface area contributed by atoms with Crippen molar-refractivity contribution in [1.82, 2.24) is 4.57 Å². The zero-order valence-electron chi connectivity index (χ0n) is 14.0. The lowest BCUT2D eigenvalue weighted by Gasteiger charge is -2.23. The monoisotopic (exact) mass is 351 g/mol. The first-order chi connectivity index (χ1) is 11.8. The minimum Gasteiger partial charge on any atom is -0.477 e. The van der Waals surface area contributed by atoms with Gasteiger partial charge in [0.25, 0.3) is 0 Å². The van der Waals surface area contributed by atoms with Crippen LogP contribution >= 0.6 is 0 Å². The number of fused-ring (bicyclic) bond motifs is 1. The highest BCUT2D eigenvalue weighted by Gasteiger charge is 2.30. The molecule has 0 radical (unpaired) electrons. The predicted octanol–water partition coefficient (Wildman–Crippen LogP) is 1.84. The normalized spacial score (nSPS) is 17.5. The molecule has 134 valence electrons. The van der Waals surface area contributed by atoms with Crippen molar-refractivity contribution in [2.75, 3.05) is 18.0 Å². The number of aryl methyl sites for hydroxylation is 2. The molecule has 0 bridgehead atoms. The van der Waals surface area contributed by atoms with Crippen LogP contribution in [0.25, 0.3) is 10.9 Å². The fraction of sp³-hybridized carbons (Fsp3) is 0.412. The average Bonchev–Trinajstić information content (AvgIpc) is 2.98. The molecule has 1 atom stereocenters. The molecule has 1 fully saturated rings. The first kappa shape index (κ1) is 17.3. The summed E-state index contributed by atoms with van der Waals surface area (Å²) < 4.78 is 31.5. The maximum absolute atomic E-state index is 15.2. The number of anilines is 1. The third-order valence-electron chi connectivity index (χ3n) is 4.72. The summed E-state index contributed by atoms with van der Waals surface area (Å²) in [7, 11) is 0. The number of carboxylic acid groups (broad SMARTS) is 1. The van der Waals surface area contributed by atoms with Crippen molar-refractivity contribution in [3.05, 3.63) is 39.2 Å². The Morgan fingerprint density at radius 2 is 2.08 bits per heavy atom. The topological polar surface area (TPSA) is 88.6 Å². The Labute approximate surface area is 142 Å². The number of hydrogen-bond acceptors (Lipinski definition) is 4. The smallest absolute Gasteiger partial charge is 0.341 e. The molecule has 8 heteroatoms. The Hall–Kier alpha value is -2.48. The van der Waals surface area contributed by atoms with Gasteiger partial charge in [0.2, 0.25) is 5.43 Å².